The lowest BCUT2D eigenvalue weighted by atomic mass is 10.1. The third kappa shape index (κ3) is 3.96. The number of furan rings is 1. The Morgan fingerprint density at radius 1 is 1.21 bits per heavy atom. The van der Waals surface area contributed by atoms with Crippen molar-refractivity contribution in [1.29, 1.82) is 0 Å². The Balaban J connectivity index is 1.86. The predicted molar refractivity (Wildman–Crippen MR) is 73.4 cm³/mol. The fourth-order valence-electron chi connectivity index (χ4n) is 1.92. The molecule has 1 atom stereocenters. The maximum Gasteiger partial charge on any atom is 0.220 e. The Morgan fingerprint density at radius 2 is 2.00 bits per heavy atom. The molecule has 0 saturated carbocycles. The SMILES string of the molecule is NCC(NC(=O)CCc1ccco1)c1ccccc1. The van der Waals surface area contributed by atoms with Crippen LogP contribution >= 0.6 is 0 Å². The minimum Gasteiger partial charge on any atom is -0.469 e. The minimum atomic E-state index is -0.134. The van der Waals surface area contributed by atoms with E-state index < -0.39 is 0 Å². The van der Waals surface area contributed by atoms with Gasteiger partial charge in [0, 0.05) is 19.4 Å². The second-order valence-corrected chi connectivity index (χ2v) is 4.35. The summed E-state index contributed by atoms with van der Waals surface area (Å²) in [7, 11) is 0. The molecule has 1 amide bonds. The van der Waals surface area contributed by atoms with E-state index in [0.29, 0.717) is 19.4 Å². The molecule has 1 unspecified atom stereocenters. The molecule has 19 heavy (non-hydrogen) atoms. The summed E-state index contributed by atoms with van der Waals surface area (Å²) < 4.78 is 5.20. The van der Waals surface area contributed by atoms with Gasteiger partial charge in [-0.3, -0.25) is 4.79 Å². The van der Waals surface area contributed by atoms with Gasteiger partial charge in [0.25, 0.3) is 0 Å². The number of nitrogens with one attached hydrogen (secondary N) is 1. The normalized spacial score (nSPS) is 12.1. The second-order valence-electron chi connectivity index (χ2n) is 4.35. The zero-order chi connectivity index (χ0) is 13.5. The first-order valence-corrected chi connectivity index (χ1v) is 6.36. The van der Waals surface area contributed by atoms with Crippen LogP contribution < -0.4 is 11.1 Å². The first kappa shape index (κ1) is 13.4. The summed E-state index contributed by atoms with van der Waals surface area (Å²) in [6.07, 6.45) is 2.61. The van der Waals surface area contributed by atoms with Gasteiger partial charge in [0.2, 0.25) is 5.91 Å². The van der Waals surface area contributed by atoms with Crippen molar-refractivity contribution >= 4 is 5.91 Å². The van der Waals surface area contributed by atoms with E-state index >= 15 is 0 Å². The predicted octanol–water partition coefficient (Wildman–Crippen LogP) is 2.03. The molecule has 100 valence electrons. The Hall–Kier alpha value is -2.07. The van der Waals surface area contributed by atoms with Gasteiger partial charge in [-0.2, -0.15) is 0 Å². The van der Waals surface area contributed by atoms with Crippen molar-refractivity contribution in [2.24, 2.45) is 5.73 Å². The summed E-state index contributed by atoms with van der Waals surface area (Å²) in [6, 6.07) is 13.3. The smallest absolute Gasteiger partial charge is 0.220 e. The number of carbonyl (C=O) groups excluding carboxylic acids is 1. The van der Waals surface area contributed by atoms with Gasteiger partial charge in [0.1, 0.15) is 5.76 Å². The van der Waals surface area contributed by atoms with Crippen molar-refractivity contribution in [2.75, 3.05) is 6.54 Å². The summed E-state index contributed by atoms with van der Waals surface area (Å²) in [5, 5.41) is 2.94. The Bertz CT molecular complexity index is 494. The van der Waals surface area contributed by atoms with E-state index in [1.165, 1.54) is 0 Å². The molecule has 0 radical (unpaired) electrons. The Morgan fingerprint density at radius 3 is 2.63 bits per heavy atom. The molecule has 2 rings (SSSR count). The average Bonchev–Trinajstić information content (AvgIpc) is 2.97. The molecular weight excluding hydrogens is 240 g/mol. The molecule has 4 nitrogen and oxygen atoms in total. The molecule has 0 bridgehead atoms. The highest BCUT2D eigenvalue weighted by atomic mass is 16.3. The van der Waals surface area contributed by atoms with Gasteiger partial charge in [0.15, 0.2) is 0 Å². The van der Waals surface area contributed by atoms with E-state index in [9.17, 15) is 4.79 Å². The summed E-state index contributed by atoms with van der Waals surface area (Å²) in [4.78, 5) is 11.9. The molecule has 0 aliphatic rings. The molecule has 1 aromatic heterocycles. The van der Waals surface area contributed by atoms with Crippen LogP contribution in [-0.4, -0.2) is 12.5 Å². The van der Waals surface area contributed by atoms with Crippen LogP contribution in [0.25, 0.3) is 0 Å². The Kier molecular flexibility index (Phi) is 4.75. The van der Waals surface area contributed by atoms with Crippen molar-refractivity contribution < 1.29 is 9.21 Å². The van der Waals surface area contributed by atoms with Crippen molar-refractivity contribution in [3.05, 3.63) is 60.1 Å². The fraction of sp³-hybridized carbons (Fsp3) is 0.267. The third-order valence-electron chi connectivity index (χ3n) is 2.95. The van der Waals surface area contributed by atoms with Gasteiger partial charge < -0.3 is 15.5 Å². The van der Waals surface area contributed by atoms with Crippen LogP contribution in [0, 0.1) is 0 Å². The molecule has 0 fully saturated rings. The monoisotopic (exact) mass is 258 g/mol. The topological polar surface area (TPSA) is 68.3 Å². The van der Waals surface area contributed by atoms with Gasteiger partial charge in [-0.25, -0.2) is 0 Å². The third-order valence-corrected chi connectivity index (χ3v) is 2.95. The van der Waals surface area contributed by atoms with Gasteiger partial charge >= 0.3 is 0 Å². The first-order chi connectivity index (χ1) is 9.29. The fourth-order valence-corrected chi connectivity index (χ4v) is 1.92. The highest BCUT2D eigenvalue weighted by Gasteiger charge is 2.12. The number of nitrogens with two attached hydrogens (primary N) is 1. The summed E-state index contributed by atoms with van der Waals surface area (Å²) >= 11 is 0. The lowest BCUT2D eigenvalue weighted by Crippen LogP contribution is -2.33. The quantitative estimate of drug-likeness (QED) is 0.833. The molecule has 1 heterocycles. The van der Waals surface area contributed by atoms with E-state index in [2.05, 4.69) is 5.32 Å². The molecule has 0 aliphatic heterocycles. The number of aryl methyl sites for hydroxylation is 1. The molecule has 4 heteroatoms. The van der Waals surface area contributed by atoms with Crippen LogP contribution in [0.2, 0.25) is 0 Å². The maximum atomic E-state index is 11.9. The first-order valence-electron chi connectivity index (χ1n) is 6.36. The highest BCUT2D eigenvalue weighted by molar-refractivity contribution is 5.76. The van der Waals surface area contributed by atoms with Crippen molar-refractivity contribution in [2.45, 2.75) is 18.9 Å². The van der Waals surface area contributed by atoms with Gasteiger partial charge in [-0.05, 0) is 17.7 Å². The van der Waals surface area contributed by atoms with Crippen molar-refractivity contribution in [1.82, 2.24) is 5.32 Å². The zero-order valence-electron chi connectivity index (χ0n) is 10.7. The highest BCUT2D eigenvalue weighted by Crippen LogP contribution is 2.11. The average molecular weight is 258 g/mol. The van der Waals surface area contributed by atoms with Crippen LogP contribution in [0.15, 0.2) is 53.1 Å². The molecule has 1 aromatic carbocycles. The number of carbonyl (C=O) groups is 1. The van der Waals surface area contributed by atoms with Crippen LogP contribution in [0.4, 0.5) is 0 Å². The standard InChI is InChI=1S/C15H18N2O2/c16-11-14(12-5-2-1-3-6-12)17-15(18)9-8-13-7-4-10-19-13/h1-7,10,14H,8-9,11,16H2,(H,17,18). The largest absolute Gasteiger partial charge is 0.469 e. The van der Waals surface area contributed by atoms with Gasteiger partial charge in [-0.15, -0.1) is 0 Å². The van der Waals surface area contributed by atoms with Crippen LogP contribution in [0.1, 0.15) is 23.8 Å². The maximum absolute atomic E-state index is 11.9. The van der Waals surface area contributed by atoms with E-state index in [1.54, 1.807) is 6.26 Å². The lowest BCUT2D eigenvalue weighted by Gasteiger charge is -2.17. The van der Waals surface area contributed by atoms with Crippen molar-refractivity contribution in [3.63, 3.8) is 0 Å². The molecule has 0 spiro atoms. The van der Waals surface area contributed by atoms with E-state index in [0.717, 1.165) is 11.3 Å². The minimum absolute atomic E-state index is 0.0179. The second kappa shape index (κ2) is 6.75. The molecular formula is C15H18N2O2. The zero-order valence-corrected chi connectivity index (χ0v) is 10.7. The van der Waals surface area contributed by atoms with Crippen LogP contribution in [0.5, 0.6) is 0 Å². The lowest BCUT2D eigenvalue weighted by molar-refractivity contribution is -0.121. The molecule has 0 aliphatic carbocycles. The number of rotatable bonds is 6. The van der Waals surface area contributed by atoms with Gasteiger partial charge in [-0.1, -0.05) is 30.3 Å². The molecule has 0 saturated heterocycles. The summed E-state index contributed by atoms with van der Waals surface area (Å²) in [5.74, 6) is 0.801. The van der Waals surface area contributed by atoms with Gasteiger partial charge in [0.05, 0.1) is 12.3 Å². The number of benzene rings is 1. The van der Waals surface area contributed by atoms with Crippen molar-refractivity contribution in [3.8, 4) is 0 Å². The summed E-state index contributed by atoms with van der Waals surface area (Å²) in [6.45, 7) is 0.385. The number of hydrogen-bond acceptors (Lipinski definition) is 3. The summed E-state index contributed by atoms with van der Waals surface area (Å²) in [5.41, 5.74) is 6.73. The van der Waals surface area contributed by atoms with Crippen LogP contribution in [0.3, 0.4) is 0 Å². The molecule has 2 aromatic rings. The molecule has 3 N–H and O–H groups in total. The van der Waals surface area contributed by atoms with E-state index in [-0.39, 0.29) is 11.9 Å². The number of amides is 1. The van der Waals surface area contributed by atoms with Crippen LogP contribution in [-0.2, 0) is 11.2 Å². The van der Waals surface area contributed by atoms with E-state index in [1.807, 2.05) is 42.5 Å². The Labute approximate surface area is 112 Å². The number of hydrogen-bond donors (Lipinski definition) is 2. The van der Waals surface area contributed by atoms with E-state index in [4.69, 9.17) is 10.2 Å².